The van der Waals surface area contributed by atoms with Crippen LogP contribution < -0.4 is 9.64 Å². The lowest BCUT2D eigenvalue weighted by Crippen LogP contribution is -2.52. The predicted octanol–water partition coefficient (Wildman–Crippen LogP) is 3.74. The molecule has 0 radical (unpaired) electrons. The van der Waals surface area contributed by atoms with Crippen LogP contribution in [0.3, 0.4) is 0 Å². The fourth-order valence-corrected chi connectivity index (χ4v) is 4.43. The smallest absolute Gasteiger partial charge is 0.254 e. The van der Waals surface area contributed by atoms with E-state index < -0.39 is 0 Å². The first kappa shape index (κ1) is 25.0. The van der Waals surface area contributed by atoms with E-state index in [0.717, 1.165) is 17.1 Å². The summed E-state index contributed by atoms with van der Waals surface area (Å²) in [7, 11) is 1.55. The third kappa shape index (κ3) is 5.83. The van der Waals surface area contributed by atoms with E-state index in [4.69, 9.17) is 9.15 Å². The van der Waals surface area contributed by atoms with Gasteiger partial charge in [-0.25, -0.2) is 0 Å². The molecule has 2 amide bonds. The van der Waals surface area contributed by atoms with Crippen molar-refractivity contribution in [2.45, 2.75) is 6.54 Å². The molecule has 2 aromatic heterocycles. The van der Waals surface area contributed by atoms with Crippen LogP contribution in [0.5, 0.6) is 5.75 Å². The Labute approximate surface area is 221 Å². The maximum absolute atomic E-state index is 13.4. The van der Waals surface area contributed by atoms with Gasteiger partial charge in [-0.15, -0.1) is 10.2 Å². The molecule has 0 spiro atoms. The number of piperazine rings is 1. The number of rotatable bonds is 8. The highest BCUT2D eigenvalue weighted by Crippen LogP contribution is 2.20. The molecule has 0 unspecified atom stereocenters. The number of methoxy groups -OCH3 is 1. The zero-order valence-corrected chi connectivity index (χ0v) is 21.2. The lowest BCUT2D eigenvalue weighted by molar-refractivity contribution is -0.132. The Balaban J connectivity index is 1.22. The Kier molecular flexibility index (Phi) is 7.63. The molecule has 0 aliphatic carbocycles. The molecule has 1 aliphatic heterocycles. The molecule has 194 valence electrons. The number of carbonyl (C=O) groups is 2. The number of nitrogens with zero attached hydrogens (tertiary/aromatic N) is 5. The van der Waals surface area contributed by atoms with Crippen molar-refractivity contribution in [3.05, 3.63) is 96.4 Å². The zero-order valence-electron chi connectivity index (χ0n) is 21.2. The fraction of sp³-hybridized carbons (Fsp3) is 0.241. The number of amides is 2. The summed E-state index contributed by atoms with van der Waals surface area (Å²) < 4.78 is 10.7. The van der Waals surface area contributed by atoms with Gasteiger partial charge in [0.2, 0.25) is 5.91 Å². The number of benzene rings is 2. The molecule has 38 heavy (non-hydrogen) atoms. The Bertz CT molecular complexity index is 1350. The number of furan rings is 1. The molecule has 9 nitrogen and oxygen atoms in total. The number of carbonyl (C=O) groups excluding carboxylic acids is 2. The molecule has 1 fully saturated rings. The van der Waals surface area contributed by atoms with Crippen molar-refractivity contribution in [3.63, 3.8) is 0 Å². The summed E-state index contributed by atoms with van der Waals surface area (Å²) in [6, 6.07) is 24.3. The summed E-state index contributed by atoms with van der Waals surface area (Å²) in [6.07, 6.45) is 1.56. The first-order chi connectivity index (χ1) is 18.6. The van der Waals surface area contributed by atoms with E-state index in [9.17, 15) is 9.59 Å². The molecular formula is C29H29N5O4. The average molecular weight is 512 g/mol. The van der Waals surface area contributed by atoms with Crippen molar-refractivity contribution in [2.75, 3.05) is 44.7 Å². The summed E-state index contributed by atoms with van der Waals surface area (Å²) in [5, 5.41) is 8.79. The second-order valence-electron chi connectivity index (χ2n) is 8.98. The molecule has 0 atom stereocenters. The maximum atomic E-state index is 13.4. The van der Waals surface area contributed by atoms with Gasteiger partial charge in [-0.3, -0.25) is 9.59 Å². The Hall–Kier alpha value is -4.66. The predicted molar refractivity (Wildman–Crippen MR) is 143 cm³/mol. The average Bonchev–Trinajstić information content (AvgIpc) is 3.50. The highest BCUT2D eigenvalue weighted by Gasteiger charge is 2.27. The van der Waals surface area contributed by atoms with Crippen molar-refractivity contribution in [1.29, 1.82) is 0 Å². The van der Waals surface area contributed by atoms with Crippen LogP contribution in [0.4, 0.5) is 5.82 Å². The van der Waals surface area contributed by atoms with Gasteiger partial charge in [0.15, 0.2) is 5.82 Å². The lowest BCUT2D eigenvalue weighted by Gasteiger charge is -2.36. The normalized spacial score (nSPS) is 13.3. The van der Waals surface area contributed by atoms with Crippen LogP contribution >= 0.6 is 0 Å². The molecule has 4 aromatic rings. The van der Waals surface area contributed by atoms with Gasteiger partial charge in [-0.05, 0) is 42.5 Å². The summed E-state index contributed by atoms with van der Waals surface area (Å²) in [4.78, 5) is 32.0. The third-order valence-corrected chi connectivity index (χ3v) is 6.53. The summed E-state index contributed by atoms with van der Waals surface area (Å²) in [6.45, 7) is 2.46. The Morgan fingerprint density at radius 2 is 1.74 bits per heavy atom. The van der Waals surface area contributed by atoms with Gasteiger partial charge in [0.05, 0.1) is 25.6 Å². The summed E-state index contributed by atoms with van der Waals surface area (Å²) in [5.41, 5.74) is 2.29. The number of ether oxygens (including phenoxy) is 1. The molecule has 3 heterocycles. The molecule has 0 N–H and O–H groups in total. The van der Waals surface area contributed by atoms with E-state index in [1.807, 2.05) is 42.5 Å². The SMILES string of the molecule is COc1cccc(C(=O)N(CC(=O)N2CCN(c3ccc(-c4ccccc4)nn3)CC2)Cc2ccco2)c1. The minimum absolute atomic E-state index is 0.0533. The number of aromatic nitrogens is 2. The largest absolute Gasteiger partial charge is 0.497 e. The number of hydrogen-bond acceptors (Lipinski definition) is 7. The number of anilines is 1. The van der Waals surface area contributed by atoms with Gasteiger partial charge in [-0.1, -0.05) is 36.4 Å². The lowest BCUT2D eigenvalue weighted by atomic mass is 10.1. The first-order valence-electron chi connectivity index (χ1n) is 12.5. The minimum Gasteiger partial charge on any atom is -0.497 e. The van der Waals surface area contributed by atoms with E-state index in [1.54, 1.807) is 54.7 Å². The minimum atomic E-state index is -0.263. The standard InChI is InChI=1S/C29H29N5O4/c1-37-24-10-5-9-23(19-24)29(36)34(20-25-11-6-18-38-25)21-28(35)33-16-14-32(15-17-33)27-13-12-26(30-31-27)22-7-3-2-4-8-22/h2-13,18-19H,14-17,20-21H2,1H3. The highest BCUT2D eigenvalue weighted by molar-refractivity contribution is 5.96. The van der Waals surface area contributed by atoms with Crippen molar-refractivity contribution >= 4 is 17.6 Å². The monoisotopic (exact) mass is 511 g/mol. The number of hydrogen-bond donors (Lipinski definition) is 0. The van der Waals surface area contributed by atoms with Crippen LogP contribution in [-0.2, 0) is 11.3 Å². The maximum Gasteiger partial charge on any atom is 0.254 e. The van der Waals surface area contributed by atoms with Crippen molar-refractivity contribution in [1.82, 2.24) is 20.0 Å². The molecule has 2 aromatic carbocycles. The van der Waals surface area contributed by atoms with Gasteiger partial charge in [0.1, 0.15) is 18.1 Å². The zero-order chi connectivity index (χ0) is 26.3. The Morgan fingerprint density at radius 3 is 2.42 bits per heavy atom. The van der Waals surface area contributed by atoms with E-state index in [1.165, 1.54) is 4.90 Å². The van der Waals surface area contributed by atoms with Crippen molar-refractivity contribution < 1.29 is 18.7 Å². The Morgan fingerprint density at radius 1 is 0.921 bits per heavy atom. The molecule has 5 rings (SSSR count). The van der Waals surface area contributed by atoms with Crippen LogP contribution in [-0.4, -0.2) is 71.6 Å². The molecular weight excluding hydrogens is 482 g/mol. The second kappa shape index (κ2) is 11.6. The fourth-order valence-electron chi connectivity index (χ4n) is 4.43. The summed E-state index contributed by atoms with van der Waals surface area (Å²) >= 11 is 0. The third-order valence-electron chi connectivity index (χ3n) is 6.53. The van der Waals surface area contributed by atoms with Gasteiger partial charge >= 0.3 is 0 Å². The van der Waals surface area contributed by atoms with Gasteiger partial charge in [0, 0.05) is 37.3 Å². The molecule has 0 saturated carbocycles. The van der Waals surface area contributed by atoms with E-state index in [0.29, 0.717) is 43.3 Å². The molecule has 9 heteroatoms. The van der Waals surface area contributed by atoms with Crippen LogP contribution in [0.15, 0.2) is 89.5 Å². The first-order valence-corrected chi connectivity index (χ1v) is 12.5. The van der Waals surface area contributed by atoms with Crippen molar-refractivity contribution in [3.8, 4) is 17.0 Å². The topological polar surface area (TPSA) is 92.0 Å². The van der Waals surface area contributed by atoms with Crippen LogP contribution in [0.2, 0.25) is 0 Å². The van der Waals surface area contributed by atoms with E-state index in [-0.39, 0.29) is 24.9 Å². The summed E-state index contributed by atoms with van der Waals surface area (Å²) in [5.74, 6) is 1.59. The van der Waals surface area contributed by atoms with Crippen molar-refractivity contribution in [2.24, 2.45) is 0 Å². The van der Waals surface area contributed by atoms with E-state index >= 15 is 0 Å². The van der Waals surface area contributed by atoms with Crippen LogP contribution in [0, 0.1) is 0 Å². The molecule has 0 bridgehead atoms. The molecule has 1 saturated heterocycles. The molecule has 1 aliphatic rings. The van der Waals surface area contributed by atoms with Gasteiger partial charge in [-0.2, -0.15) is 0 Å². The second-order valence-corrected chi connectivity index (χ2v) is 8.98. The highest BCUT2D eigenvalue weighted by atomic mass is 16.5. The van der Waals surface area contributed by atoms with Gasteiger partial charge in [0.25, 0.3) is 5.91 Å². The van der Waals surface area contributed by atoms with Crippen LogP contribution in [0.1, 0.15) is 16.1 Å². The van der Waals surface area contributed by atoms with Crippen LogP contribution in [0.25, 0.3) is 11.3 Å². The van der Waals surface area contributed by atoms with E-state index in [2.05, 4.69) is 15.1 Å². The van der Waals surface area contributed by atoms with Gasteiger partial charge < -0.3 is 23.9 Å². The quantitative estimate of drug-likeness (QED) is 0.356.